The molecule has 0 aliphatic heterocycles. The summed E-state index contributed by atoms with van der Waals surface area (Å²) < 4.78 is 14.2. The molecule has 0 bridgehead atoms. The Morgan fingerprint density at radius 3 is 2.52 bits per heavy atom. The van der Waals surface area contributed by atoms with Crippen LogP contribution >= 0.6 is 0 Å². The van der Waals surface area contributed by atoms with E-state index in [1.165, 1.54) is 35.9 Å². The van der Waals surface area contributed by atoms with Gasteiger partial charge in [-0.25, -0.2) is 9.18 Å². The first-order valence-corrected chi connectivity index (χ1v) is 7.98. The van der Waals surface area contributed by atoms with Gasteiger partial charge < -0.3 is 10.6 Å². The monoisotopic (exact) mass is 348 g/mol. The lowest BCUT2D eigenvalue weighted by molar-refractivity contribution is -0.117. The van der Waals surface area contributed by atoms with Crippen molar-refractivity contribution in [1.82, 2.24) is 9.55 Å². The number of H-pyrrole nitrogens is 1. The number of amides is 1. The number of hydrogen-bond acceptors (Lipinski definition) is 4. The average Bonchev–Trinajstić information content (AvgIpc) is 2.56. The maximum Gasteiger partial charge on any atom is 0.330 e. The highest BCUT2D eigenvalue weighted by Gasteiger charge is 2.21. The molecule has 1 aromatic heterocycles. The second-order valence-corrected chi connectivity index (χ2v) is 5.75. The van der Waals surface area contributed by atoms with Crippen molar-refractivity contribution in [2.24, 2.45) is 0 Å². The third-order valence-electron chi connectivity index (χ3n) is 3.93. The summed E-state index contributed by atoms with van der Waals surface area (Å²) in [5.74, 6) is -0.838. The van der Waals surface area contributed by atoms with Gasteiger partial charge in [-0.05, 0) is 24.1 Å². The molecule has 3 N–H and O–H groups in total. The summed E-state index contributed by atoms with van der Waals surface area (Å²) in [6.07, 6.45) is 1.53. The predicted octanol–water partition coefficient (Wildman–Crippen LogP) is 1.26. The van der Waals surface area contributed by atoms with Crippen molar-refractivity contribution >= 4 is 17.4 Å². The van der Waals surface area contributed by atoms with Gasteiger partial charge in [0.1, 0.15) is 11.6 Å². The minimum absolute atomic E-state index is 0.0241. The van der Waals surface area contributed by atoms with Gasteiger partial charge in [0.05, 0.1) is 6.42 Å². The molecule has 0 fully saturated rings. The number of aromatic amines is 1. The van der Waals surface area contributed by atoms with E-state index < -0.39 is 23.0 Å². The second kappa shape index (κ2) is 7.78. The molecular weight excluding hydrogens is 327 g/mol. The van der Waals surface area contributed by atoms with Crippen LogP contribution in [0, 0.1) is 5.82 Å². The zero-order valence-corrected chi connectivity index (χ0v) is 14.2. The van der Waals surface area contributed by atoms with E-state index in [2.05, 4.69) is 4.98 Å². The molecule has 1 aromatic carbocycles. The van der Waals surface area contributed by atoms with Crippen LogP contribution in [-0.2, 0) is 17.8 Å². The molecule has 134 valence electrons. The van der Waals surface area contributed by atoms with Gasteiger partial charge in [-0.3, -0.25) is 19.1 Å². The van der Waals surface area contributed by atoms with E-state index in [0.29, 0.717) is 18.5 Å². The van der Waals surface area contributed by atoms with Gasteiger partial charge >= 0.3 is 5.69 Å². The maximum absolute atomic E-state index is 12.9. The smallest absolute Gasteiger partial charge is 0.330 e. The van der Waals surface area contributed by atoms with Gasteiger partial charge in [0.15, 0.2) is 5.69 Å². The summed E-state index contributed by atoms with van der Waals surface area (Å²) >= 11 is 0. The Morgan fingerprint density at radius 1 is 1.28 bits per heavy atom. The van der Waals surface area contributed by atoms with Crippen LogP contribution in [0.5, 0.6) is 0 Å². The average molecular weight is 348 g/mol. The van der Waals surface area contributed by atoms with Crippen molar-refractivity contribution in [3.8, 4) is 0 Å². The van der Waals surface area contributed by atoms with Crippen LogP contribution in [0.2, 0.25) is 0 Å². The molecular formula is C17H21FN4O3. The largest absolute Gasteiger partial charge is 0.383 e. The SMILES string of the molecule is CCCCn1c(N)c(N(C)C(=O)Cc2ccc(F)cc2)c(=O)[nH]c1=O. The zero-order valence-electron chi connectivity index (χ0n) is 14.2. The molecule has 0 aliphatic rings. The number of benzene rings is 1. The van der Waals surface area contributed by atoms with Gasteiger partial charge in [-0.15, -0.1) is 0 Å². The number of rotatable bonds is 6. The third-order valence-corrected chi connectivity index (χ3v) is 3.93. The first-order chi connectivity index (χ1) is 11.8. The summed E-state index contributed by atoms with van der Waals surface area (Å²) in [5, 5.41) is 0. The standard InChI is InChI=1S/C17H21FN4O3/c1-3-4-9-22-15(19)14(16(24)20-17(22)25)21(2)13(23)10-11-5-7-12(18)8-6-11/h5-8H,3-4,9-10,19H2,1-2H3,(H,20,24,25). The maximum atomic E-state index is 12.9. The van der Waals surface area contributed by atoms with Crippen LogP contribution in [0.15, 0.2) is 33.9 Å². The minimum Gasteiger partial charge on any atom is -0.383 e. The van der Waals surface area contributed by atoms with Gasteiger partial charge in [0.2, 0.25) is 5.91 Å². The van der Waals surface area contributed by atoms with Crippen molar-refractivity contribution in [3.63, 3.8) is 0 Å². The normalized spacial score (nSPS) is 10.7. The Morgan fingerprint density at radius 2 is 1.92 bits per heavy atom. The van der Waals surface area contributed by atoms with E-state index in [9.17, 15) is 18.8 Å². The third kappa shape index (κ3) is 4.14. The van der Waals surface area contributed by atoms with Crippen molar-refractivity contribution < 1.29 is 9.18 Å². The highest BCUT2D eigenvalue weighted by Crippen LogP contribution is 2.17. The van der Waals surface area contributed by atoms with E-state index in [1.807, 2.05) is 6.92 Å². The summed E-state index contributed by atoms with van der Waals surface area (Å²) in [7, 11) is 1.42. The van der Waals surface area contributed by atoms with Crippen LogP contribution in [0.3, 0.4) is 0 Å². The number of aromatic nitrogens is 2. The highest BCUT2D eigenvalue weighted by atomic mass is 19.1. The summed E-state index contributed by atoms with van der Waals surface area (Å²) in [6, 6.07) is 5.51. The molecule has 0 spiro atoms. The van der Waals surface area contributed by atoms with Crippen LogP contribution in [0.25, 0.3) is 0 Å². The van der Waals surface area contributed by atoms with E-state index in [0.717, 1.165) is 11.3 Å². The summed E-state index contributed by atoms with van der Waals surface area (Å²) in [6.45, 7) is 2.32. The fourth-order valence-electron chi connectivity index (χ4n) is 2.46. The lowest BCUT2D eigenvalue weighted by Gasteiger charge is -2.20. The zero-order chi connectivity index (χ0) is 18.6. The fraction of sp³-hybridized carbons (Fsp3) is 0.353. The minimum atomic E-state index is -0.717. The predicted molar refractivity (Wildman–Crippen MR) is 94.2 cm³/mol. The first kappa shape index (κ1) is 18.4. The van der Waals surface area contributed by atoms with Crippen molar-refractivity contribution in [2.75, 3.05) is 17.7 Å². The number of nitrogens with one attached hydrogen (secondary N) is 1. The van der Waals surface area contributed by atoms with E-state index in [-0.39, 0.29) is 17.9 Å². The molecule has 0 radical (unpaired) electrons. The molecule has 1 heterocycles. The summed E-state index contributed by atoms with van der Waals surface area (Å²) in [4.78, 5) is 39.8. The Labute approximate surface area is 143 Å². The van der Waals surface area contributed by atoms with Gasteiger partial charge in [-0.2, -0.15) is 0 Å². The van der Waals surface area contributed by atoms with Crippen molar-refractivity contribution in [2.45, 2.75) is 32.7 Å². The van der Waals surface area contributed by atoms with E-state index in [1.54, 1.807) is 0 Å². The number of nitrogen functional groups attached to an aromatic ring is 1. The van der Waals surface area contributed by atoms with E-state index >= 15 is 0 Å². The van der Waals surface area contributed by atoms with Crippen LogP contribution < -0.4 is 21.9 Å². The number of hydrogen-bond donors (Lipinski definition) is 2. The molecule has 8 heteroatoms. The Hall–Kier alpha value is -2.90. The van der Waals surface area contributed by atoms with Crippen molar-refractivity contribution in [3.05, 3.63) is 56.5 Å². The Bertz CT molecular complexity index is 871. The van der Waals surface area contributed by atoms with Crippen molar-refractivity contribution in [1.29, 1.82) is 0 Å². The fourth-order valence-corrected chi connectivity index (χ4v) is 2.46. The van der Waals surface area contributed by atoms with Gasteiger partial charge in [0.25, 0.3) is 5.56 Å². The molecule has 0 saturated heterocycles. The lowest BCUT2D eigenvalue weighted by Crippen LogP contribution is -2.39. The molecule has 2 rings (SSSR count). The molecule has 0 aliphatic carbocycles. The number of likely N-dealkylation sites (N-methyl/N-ethyl adjacent to an activating group) is 1. The van der Waals surface area contributed by atoms with Crippen LogP contribution in [0.1, 0.15) is 25.3 Å². The highest BCUT2D eigenvalue weighted by molar-refractivity contribution is 5.96. The number of carbonyl (C=O) groups is 1. The Balaban J connectivity index is 2.32. The Kier molecular flexibility index (Phi) is 5.74. The molecule has 0 atom stereocenters. The van der Waals surface area contributed by atoms with E-state index in [4.69, 9.17) is 5.73 Å². The molecule has 7 nitrogen and oxygen atoms in total. The number of anilines is 2. The van der Waals surface area contributed by atoms with Crippen LogP contribution in [-0.4, -0.2) is 22.5 Å². The van der Waals surface area contributed by atoms with Crippen LogP contribution in [0.4, 0.5) is 15.9 Å². The number of halogens is 1. The topological polar surface area (TPSA) is 101 Å². The number of carbonyl (C=O) groups excluding carboxylic acids is 1. The molecule has 25 heavy (non-hydrogen) atoms. The molecule has 0 saturated carbocycles. The first-order valence-electron chi connectivity index (χ1n) is 7.98. The van der Waals surface area contributed by atoms with Gasteiger partial charge in [-0.1, -0.05) is 25.5 Å². The van der Waals surface area contributed by atoms with Gasteiger partial charge in [0, 0.05) is 13.6 Å². The molecule has 1 amide bonds. The second-order valence-electron chi connectivity index (χ2n) is 5.75. The number of nitrogens with two attached hydrogens (primary N) is 1. The number of unbranched alkanes of at least 4 members (excludes halogenated alkanes) is 1. The lowest BCUT2D eigenvalue weighted by atomic mass is 10.1. The molecule has 2 aromatic rings. The summed E-state index contributed by atoms with van der Waals surface area (Å²) in [5.41, 5.74) is 5.20. The quantitative estimate of drug-likeness (QED) is 0.820. The molecule has 0 unspecified atom stereocenters. The number of nitrogens with zero attached hydrogens (tertiary/aromatic N) is 2.